The van der Waals surface area contributed by atoms with Crippen LogP contribution in [-0.2, 0) is 14.4 Å². The van der Waals surface area contributed by atoms with Crippen LogP contribution in [0.4, 0.5) is 5.69 Å². The third kappa shape index (κ3) is 7.60. The molecule has 2 amide bonds. The largest absolute Gasteiger partial charge is 0.508 e. The van der Waals surface area contributed by atoms with Gasteiger partial charge in [-0.2, -0.15) is 0 Å². The van der Waals surface area contributed by atoms with Gasteiger partial charge in [0.15, 0.2) is 5.17 Å². The number of anilines is 1. The molecule has 1 aliphatic heterocycles. The van der Waals surface area contributed by atoms with Gasteiger partial charge in [0.25, 0.3) is 11.5 Å². The van der Waals surface area contributed by atoms with E-state index < -0.39 is 40.3 Å². The van der Waals surface area contributed by atoms with E-state index >= 15 is 0 Å². The van der Waals surface area contributed by atoms with E-state index in [1.54, 1.807) is 6.07 Å². The molecule has 1 saturated heterocycles. The molecule has 2 atom stereocenters. The SMILES string of the molecule is CC(=O)O.Cc1cccc(NC(=O)CC2SC(=NC(c3ccc(O)cc3)c3c(O)[nH]c(=O)[nH]c3=O)NC2=O)c1C. The molecule has 0 spiro atoms. The molecule has 4 rings (SSSR count). The summed E-state index contributed by atoms with van der Waals surface area (Å²) in [7, 11) is 0. The number of benzene rings is 2. The number of aliphatic imine (C=N–C) groups is 1. The van der Waals surface area contributed by atoms with Gasteiger partial charge in [0.2, 0.25) is 17.7 Å². The summed E-state index contributed by atoms with van der Waals surface area (Å²) in [6.45, 7) is 4.91. The van der Waals surface area contributed by atoms with Crippen molar-refractivity contribution >= 4 is 40.4 Å². The minimum Gasteiger partial charge on any atom is -0.508 e. The Hall–Kier alpha value is -4.85. The molecule has 1 aliphatic rings. The topological polar surface area (TPSA) is 214 Å². The number of nitrogens with zero attached hydrogens (tertiary/aromatic N) is 1. The summed E-state index contributed by atoms with van der Waals surface area (Å²) in [6.07, 6.45) is -0.114. The number of aromatic amines is 2. The predicted molar refractivity (Wildman–Crippen MR) is 149 cm³/mol. The summed E-state index contributed by atoms with van der Waals surface area (Å²) in [5.41, 5.74) is 1.01. The van der Waals surface area contributed by atoms with Crippen LogP contribution in [0.2, 0.25) is 0 Å². The lowest BCUT2D eigenvalue weighted by Gasteiger charge is -2.14. The maximum Gasteiger partial charge on any atom is 0.328 e. The molecule has 2 unspecified atom stereocenters. The Kier molecular flexibility index (Phi) is 9.50. The molecule has 0 saturated carbocycles. The number of aromatic hydroxyl groups is 2. The Labute approximate surface area is 231 Å². The van der Waals surface area contributed by atoms with Crippen molar-refractivity contribution in [1.29, 1.82) is 0 Å². The summed E-state index contributed by atoms with van der Waals surface area (Å²) >= 11 is 1.01. The Morgan fingerprint density at radius 2 is 1.70 bits per heavy atom. The van der Waals surface area contributed by atoms with Crippen LogP contribution in [0, 0.1) is 13.8 Å². The molecule has 0 radical (unpaired) electrons. The van der Waals surface area contributed by atoms with Crippen molar-refractivity contribution in [3.05, 3.63) is 85.6 Å². The molecule has 7 N–H and O–H groups in total. The zero-order valence-electron chi connectivity index (χ0n) is 21.6. The van der Waals surface area contributed by atoms with E-state index in [2.05, 4.69) is 20.6 Å². The van der Waals surface area contributed by atoms with Crippen LogP contribution in [0.1, 0.15) is 41.6 Å². The average molecular weight is 570 g/mol. The van der Waals surface area contributed by atoms with Crippen molar-refractivity contribution in [2.75, 3.05) is 5.32 Å². The third-order valence-electron chi connectivity index (χ3n) is 5.71. The fourth-order valence-electron chi connectivity index (χ4n) is 3.67. The zero-order chi connectivity index (χ0) is 29.6. The van der Waals surface area contributed by atoms with Gasteiger partial charge in [-0.3, -0.25) is 29.1 Å². The first-order valence-electron chi connectivity index (χ1n) is 11.8. The lowest BCUT2D eigenvalue weighted by Crippen LogP contribution is -2.29. The number of rotatable bonds is 6. The van der Waals surface area contributed by atoms with E-state index in [0.29, 0.717) is 11.3 Å². The Morgan fingerprint density at radius 3 is 2.33 bits per heavy atom. The first kappa shape index (κ1) is 29.7. The quantitative estimate of drug-likeness (QED) is 0.230. The Balaban J connectivity index is 0.00000103. The molecule has 3 aromatic rings. The number of carbonyl (C=O) groups is 3. The summed E-state index contributed by atoms with van der Waals surface area (Å²) in [6, 6.07) is 10.2. The van der Waals surface area contributed by atoms with Crippen LogP contribution in [-0.4, -0.2) is 53.5 Å². The molecule has 2 heterocycles. The standard InChI is InChI=1S/C24H23N5O6S.C2H4O2/c1-11-4-3-5-15(12(11)2)25-17(31)10-16-20(32)29-24(36-16)26-19(13-6-8-14(30)9-7-13)18-21(33)27-23(35)28-22(18)34;1-2(3)4/h3-9,16,19,30H,10H2,1-2H3,(H,25,31)(H,26,29,32)(H3,27,28,33,34,35);1H3,(H,3,4). The second-order valence-corrected chi connectivity index (χ2v) is 9.90. The minimum atomic E-state index is -1.13. The number of aliphatic carboxylic acids is 1. The van der Waals surface area contributed by atoms with E-state index in [1.807, 2.05) is 31.0 Å². The molecule has 2 aromatic carbocycles. The van der Waals surface area contributed by atoms with Gasteiger partial charge in [-0.05, 0) is 48.7 Å². The van der Waals surface area contributed by atoms with Crippen molar-refractivity contribution in [2.24, 2.45) is 4.99 Å². The van der Waals surface area contributed by atoms with Crippen LogP contribution < -0.4 is 21.9 Å². The van der Waals surface area contributed by atoms with Crippen LogP contribution in [0.15, 0.2) is 57.0 Å². The molecular weight excluding hydrogens is 542 g/mol. The highest BCUT2D eigenvalue weighted by molar-refractivity contribution is 8.15. The van der Waals surface area contributed by atoms with Gasteiger partial charge < -0.3 is 26.0 Å². The van der Waals surface area contributed by atoms with Crippen LogP contribution in [0.3, 0.4) is 0 Å². The summed E-state index contributed by atoms with van der Waals surface area (Å²) < 4.78 is 0. The highest BCUT2D eigenvalue weighted by Gasteiger charge is 2.34. The number of phenolic OH excluding ortho intramolecular Hbond substituents is 1. The van der Waals surface area contributed by atoms with Gasteiger partial charge in [-0.15, -0.1) is 0 Å². The van der Waals surface area contributed by atoms with Crippen molar-refractivity contribution in [2.45, 2.75) is 38.5 Å². The number of aryl methyl sites for hydroxylation is 1. The van der Waals surface area contributed by atoms with E-state index in [1.165, 1.54) is 24.3 Å². The number of H-pyrrole nitrogens is 2. The van der Waals surface area contributed by atoms with Gasteiger partial charge in [-0.25, -0.2) is 9.79 Å². The highest BCUT2D eigenvalue weighted by atomic mass is 32.2. The summed E-state index contributed by atoms with van der Waals surface area (Å²) in [5.74, 6) is -2.31. The molecule has 40 heavy (non-hydrogen) atoms. The molecule has 1 fully saturated rings. The van der Waals surface area contributed by atoms with Gasteiger partial charge in [0.05, 0.1) is 0 Å². The van der Waals surface area contributed by atoms with Crippen LogP contribution >= 0.6 is 11.8 Å². The minimum absolute atomic E-state index is 0.0248. The first-order chi connectivity index (χ1) is 18.8. The lowest BCUT2D eigenvalue weighted by atomic mass is 10.0. The second kappa shape index (κ2) is 12.8. The number of amides is 2. The van der Waals surface area contributed by atoms with Crippen molar-refractivity contribution in [3.63, 3.8) is 0 Å². The van der Waals surface area contributed by atoms with E-state index in [0.717, 1.165) is 29.8 Å². The summed E-state index contributed by atoms with van der Waals surface area (Å²) in [4.78, 5) is 66.9. The van der Waals surface area contributed by atoms with Gasteiger partial charge in [0, 0.05) is 19.0 Å². The number of nitrogens with one attached hydrogen (secondary N) is 4. The maximum absolute atomic E-state index is 12.6. The van der Waals surface area contributed by atoms with Crippen molar-refractivity contribution in [3.8, 4) is 11.6 Å². The first-order valence-corrected chi connectivity index (χ1v) is 12.7. The summed E-state index contributed by atoms with van der Waals surface area (Å²) in [5, 5.41) is 32.1. The Bertz CT molecular complexity index is 1580. The van der Waals surface area contributed by atoms with E-state index in [4.69, 9.17) is 9.90 Å². The predicted octanol–water partition coefficient (Wildman–Crippen LogP) is 1.89. The van der Waals surface area contributed by atoms with E-state index in [9.17, 15) is 29.4 Å². The number of carbonyl (C=O) groups excluding carboxylic acids is 2. The number of aromatic nitrogens is 2. The number of amidine groups is 1. The fourth-order valence-corrected chi connectivity index (χ4v) is 4.67. The number of thioether (sulfide) groups is 1. The fraction of sp³-hybridized carbons (Fsp3) is 0.231. The lowest BCUT2D eigenvalue weighted by molar-refractivity contribution is -0.134. The van der Waals surface area contributed by atoms with E-state index in [-0.39, 0.29) is 28.8 Å². The molecule has 0 aliphatic carbocycles. The smallest absolute Gasteiger partial charge is 0.328 e. The number of hydrogen-bond donors (Lipinski definition) is 7. The second-order valence-electron chi connectivity index (χ2n) is 8.71. The number of carboxylic acids is 1. The van der Waals surface area contributed by atoms with Gasteiger partial charge in [-0.1, -0.05) is 36.0 Å². The molecule has 0 bridgehead atoms. The number of carboxylic acid groups (broad SMARTS) is 1. The maximum atomic E-state index is 12.6. The monoisotopic (exact) mass is 569 g/mol. The Morgan fingerprint density at radius 1 is 1.05 bits per heavy atom. The normalized spacial score (nSPS) is 16.0. The molecule has 13 nitrogen and oxygen atoms in total. The molecular formula is C26H27N5O8S. The molecule has 14 heteroatoms. The number of phenols is 1. The average Bonchev–Trinajstić information content (AvgIpc) is 3.19. The number of hydrogen-bond acceptors (Lipinski definition) is 9. The zero-order valence-corrected chi connectivity index (χ0v) is 22.5. The van der Waals surface area contributed by atoms with Gasteiger partial charge >= 0.3 is 5.69 Å². The molecule has 1 aromatic heterocycles. The van der Waals surface area contributed by atoms with Crippen LogP contribution in [0.5, 0.6) is 11.6 Å². The highest BCUT2D eigenvalue weighted by Crippen LogP contribution is 2.32. The van der Waals surface area contributed by atoms with Crippen LogP contribution in [0.25, 0.3) is 0 Å². The molecule has 210 valence electrons. The van der Waals surface area contributed by atoms with Crippen molar-refractivity contribution in [1.82, 2.24) is 15.3 Å². The van der Waals surface area contributed by atoms with Crippen molar-refractivity contribution < 1.29 is 29.7 Å². The van der Waals surface area contributed by atoms with Gasteiger partial charge in [0.1, 0.15) is 22.6 Å². The third-order valence-corrected chi connectivity index (χ3v) is 6.81.